The minimum absolute atomic E-state index is 0.174. The number of ether oxygens (including phenoxy) is 2. The molecule has 114 valence electrons. The van der Waals surface area contributed by atoms with Gasteiger partial charge in [0.2, 0.25) is 0 Å². The highest BCUT2D eigenvalue weighted by molar-refractivity contribution is 7.11. The van der Waals surface area contributed by atoms with Crippen LogP contribution < -0.4 is 14.8 Å². The average molecular weight is 327 g/mol. The number of thiazole rings is 1. The van der Waals surface area contributed by atoms with E-state index < -0.39 is 0 Å². The second-order valence-corrected chi connectivity index (χ2v) is 6.33. The van der Waals surface area contributed by atoms with Crippen molar-refractivity contribution in [2.24, 2.45) is 0 Å². The summed E-state index contributed by atoms with van der Waals surface area (Å²) < 4.78 is 10.5. The van der Waals surface area contributed by atoms with Crippen LogP contribution in [0.1, 0.15) is 28.4 Å². The molecular formula is C15H19ClN2O2S. The van der Waals surface area contributed by atoms with Crippen molar-refractivity contribution in [1.82, 2.24) is 10.3 Å². The number of methoxy groups -OCH3 is 2. The molecule has 1 N–H and O–H groups in total. The van der Waals surface area contributed by atoms with Crippen LogP contribution in [0.5, 0.6) is 11.5 Å². The predicted octanol–water partition coefficient (Wildman–Crippen LogP) is 3.97. The van der Waals surface area contributed by atoms with Crippen molar-refractivity contribution in [3.63, 3.8) is 0 Å². The zero-order valence-electron chi connectivity index (χ0n) is 12.6. The van der Waals surface area contributed by atoms with Crippen molar-refractivity contribution < 1.29 is 9.47 Å². The van der Waals surface area contributed by atoms with E-state index in [-0.39, 0.29) is 6.04 Å². The van der Waals surface area contributed by atoms with Crippen molar-refractivity contribution in [1.29, 1.82) is 0 Å². The number of aromatic nitrogens is 1. The topological polar surface area (TPSA) is 43.4 Å². The Kier molecular flexibility index (Phi) is 5.45. The Morgan fingerprint density at radius 3 is 2.67 bits per heavy atom. The summed E-state index contributed by atoms with van der Waals surface area (Å²) in [6.07, 6.45) is 1.89. The molecule has 0 bridgehead atoms. The molecule has 2 aromatic rings. The number of hydrogen-bond donors (Lipinski definition) is 1. The summed E-state index contributed by atoms with van der Waals surface area (Å²) in [5.74, 6) is 1.20. The number of hydrogen-bond acceptors (Lipinski definition) is 5. The third-order valence-electron chi connectivity index (χ3n) is 3.17. The van der Waals surface area contributed by atoms with Gasteiger partial charge in [-0.05, 0) is 25.5 Å². The first-order valence-corrected chi connectivity index (χ1v) is 7.81. The molecule has 2 rings (SSSR count). The smallest absolute Gasteiger partial charge is 0.179 e. The van der Waals surface area contributed by atoms with Gasteiger partial charge in [0.05, 0.1) is 25.3 Å². The molecule has 1 atom stereocenters. The van der Waals surface area contributed by atoms with Crippen molar-refractivity contribution in [2.45, 2.75) is 26.4 Å². The molecule has 0 amide bonds. The number of aryl methyl sites for hydroxylation is 1. The lowest BCUT2D eigenvalue weighted by Gasteiger charge is -2.15. The molecule has 1 aromatic heterocycles. The van der Waals surface area contributed by atoms with Gasteiger partial charge in [-0.1, -0.05) is 17.7 Å². The summed E-state index contributed by atoms with van der Waals surface area (Å²) in [4.78, 5) is 5.60. The summed E-state index contributed by atoms with van der Waals surface area (Å²) in [6.45, 7) is 4.78. The maximum absolute atomic E-state index is 6.37. The van der Waals surface area contributed by atoms with Crippen LogP contribution in [-0.4, -0.2) is 19.2 Å². The lowest BCUT2D eigenvalue weighted by atomic mass is 10.2. The molecule has 0 aliphatic rings. The van der Waals surface area contributed by atoms with Crippen LogP contribution in [0, 0.1) is 6.92 Å². The molecule has 1 unspecified atom stereocenters. The Bertz CT molecular complexity index is 616. The first kappa shape index (κ1) is 16.1. The van der Waals surface area contributed by atoms with Crippen LogP contribution in [0.15, 0.2) is 18.3 Å². The number of nitrogens with zero attached hydrogens (tertiary/aromatic N) is 1. The fraction of sp³-hybridized carbons (Fsp3) is 0.400. The van der Waals surface area contributed by atoms with Crippen molar-refractivity contribution in [3.8, 4) is 11.5 Å². The van der Waals surface area contributed by atoms with Gasteiger partial charge in [-0.2, -0.15) is 0 Å². The van der Waals surface area contributed by atoms with E-state index in [2.05, 4.69) is 24.1 Å². The van der Waals surface area contributed by atoms with Gasteiger partial charge >= 0.3 is 0 Å². The summed E-state index contributed by atoms with van der Waals surface area (Å²) in [6, 6.07) is 3.98. The largest absolute Gasteiger partial charge is 0.493 e. The molecule has 0 radical (unpaired) electrons. The minimum atomic E-state index is 0.174. The van der Waals surface area contributed by atoms with Gasteiger partial charge in [0.1, 0.15) is 5.01 Å². The number of nitrogens with one attached hydrogen (secondary N) is 1. The third-order valence-corrected chi connectivity index (χ3v) is 4.68. The maximum atomic E-state index is 6.37. The molecule has 0 saturated carbocycles. The van der Waals surface area contributed by atoms with E-state index in [0.29, 0.717) is 23.1 Å². The molecule has 0 spiro atoms. The van der Waals surface area contributed by atoms with Gasteiger partial charge in [0.15, 0.2) is 11.5 Å². The van der Waals surface area contributed by atoms with Crippen molar-refractivity contribution in [3.05, 3.63) is 38.8 Å². The van der Waals surface area contributed by atoms with E-state index in [1.54, 1.807) is 25.6 Å². The van der Waals surface area contributed by atoms with Crippen LogP contribution in [0.25, 0.3) is 0 Å². The second-order valence-electron chi connectivity index (χ2n) is 4.69. The highest BCUT2D eigenvalue weighted by atomic mass is 35.5. The zero-order chi connectivity index (χ0) is 15.4. The molecule has 4 nitrogen and oxygen atoms in total. The lowest BCUT2D eigenvalue weighted by Crippen LogP contribution is -2.18. The standard InChI is InChI=1S/C15H19ClN2O2S/c1-9-7-18-15(21-9)10(2)17-8-11-5-6-12(19-3)14(20-4)13(11)16/h5-7,10,17H,8H2,1-4H3. The van der Waals surface area contributed by atoms with Gasteiger partial charge < -0.3 is 14.8 Å². The molecule has 0 aliphatic carbocycles. The van der Waals surface area contributed by atoms with Gasteiger partial charge in [-0.25, -0.2) is 4.98 Å². The fourth-order valence-electron chi connectivity index (χ4n) is 1.99. The second kappa shape index (κ2) is 7.11. The average Bonchev–Trinajstić information content (AvgIpc) is 2.92. The monoisotopic (exact) mass is 326 g/mol. The van der Waals surface area contributed by atoms with E-state index in [1.807, 2.05) is 18.3 Å². The van der Waals surface area contributed by atoms with Gasteiger partial charge in [-0.3, -0.25) is 0 Å². The van der Waals surface area contributed by atoms with E-state index in [0.717, 1.165) is 10.6 Å². The molecule has 0 fully saturated rings. The summed E-state index contributed by atoms with van der Waals surface area (Å²) in [7, 11) is 3.18. The van der Waals surface area contributed by atoms with Crippen LogP contribution in [0.3, 0.4) is 0 Å². The van der Waals surface area contributed by atoms with Crippen LogP contribution >= 0.6 is 22.9 Å². The highest BCUT2D eigenvalue weighted by Crippen LogP contribution is 2.37. The van der Waals surface area contributed by atoms with Gasteiger partial charge in [-0.15, -0.1) is 11.3 Å². The zero-order valence-corrected chi connectivity index (χ0v) is 14.1. The Hall–Kier alpha value is -1.30. The molecule has 1 heterocycles. The first-order valence-electron chi connectivity index (χ1n) is 6.61. The van der Waals surface area contributed by atoms with Crippen molar-refractivity contribution >= 4 is 22.9 Å². The summed E-state index contributed by atoms with van der Waals surface area (Å²) in [5.41, 5.74) is 0.967. The molecular weight excluding hydrogens is 308 g/mol. The summed E-state index contributed by atoms with van der Waals surface area (Å²) in [5, 5.41) is 5.07. The third kappa shape index (κ3) is 3.67. The minimum Gasteiger partial charge on any atom is -0.493 e. The van der Waals surface area contributed by atoms with Crippen LogP contribution in [-0.2, 0) is 6.54 Å². The quantitative estimate of drug-likeness (QED) is 0.872. The molecule has 0 aliphatic heterocycles. The van der Waals surface area contributed by atoms with E-state index >= 15 is 0 Å². The summed E-state index contributed by atoms with van der Waals surface area (Å²) >= 11 is 8.07. The van der Waals surface area contributed by atoms with E-state index in [1.165, 1.54) is 4.88 Å². The van der Waals surface area contributed by atoms with Crippen molar-refractivity contribution in [2.75, 3.05) is 14.2 Å². The normalized spacial score (nSPS) is 12.2. The number of halogens is 1. The fourth-order valence-corrected chi connectivity index (χ4v) is 3.09. The number of rotatable bonds is 6. The Balaban J connectivity index is 2.10. The Morgan fingerprint density at radius 1 is 1.33 bits per heavy atom. The SMILES string of the molecule is COc1ccc(CNC(C)c2ncc(C)s2)c(Cl)c1OC. The van der Waals surface area contributed by atoms with Gasteiger partial charge in [0.25, 0.3) is 0 Å². The van der Waals surface area contributed by atoms with Gasteiger partial charge in [0, 0.05) is 17.6 Å². The molecule has 1 aromatic carbocycles. The highest BCUT2D eigenvalue weighted by Gasteiger charge is 2.14. The number of benzene rings is 1. The van der Waals surface area contributed by atoms with Crippen LogP contribution in [0.4, 0.5) is 0 Å². The van der Waals surface area contributed by atoms with Crippen LogP contribution in [0.2, 0.25) is 5.02 Å². The molecule has 0 saturated heterocycles. The van der Waals surface area contributed by atoms with E-state index in [9.17, 15) is 0 Å². The Morgan fingerprint density at radius 2 is 2.10 bits per heavy atom. The molecule has 6 heteroatoms. The first-order chi connectivity index (χ1) is 10.1. The molecule has 21 heavy (non-hydrogen) atoms. The maximum Gasteiger partial charge on any atom is 0.179 e. The Labute approximate surface area is 134 Å². The predicted molar refractivity (Wildman–Crippen MR) is 86.7 cm³/mol. The lowest BCUT2D eigenvalue weighted by molar-refractivity contribution is 0.354. The van der Waals surface area contributed by atoms with E-state index in [4.69, 9.17) is 21.1 Å².